The van der Waals surface area contributed by atoms with Gasteiger partial charge >= 0.3 is 0 Å². The minimum absolute atomic E-state index is 0. The summed E-state index contributed by atoms with van der Waals surface area (Å²) in [7, 11) is 1.85. The molecule has 174 valence electrons. The number of guanidine groups is 1. The predicted molar refractivity (Wildman–Crippen MR) is 131 cm³/mol. The molecule has 3 aliphatic rings. The average molecular weight is 545 g/mol. The Morgan fingerprint density at radius 1 is 1.06 bits per heavy atom. The van der Waals surface area contributed by atoms with Crippen LogP contribution in [0.3, 0.4) is 0 Å². The van der Waals surface area contributed by atoms with Gasteiger partial charge in [0.2, 0.25) is 0 Å². The van der Waals surface area contributed by atoms with E-state index < -0.39 is 0 Å². The SMILES string of the molecule is CN=C(NCC1(N2CCOCC2)CCCCC1)N1CCN(C(=O)c2ccco2)CC1.I. The molecule has 3 heterocycles. The molecule has 1 amide bonds. The first-order valence-electron chi connectivity index (χ1n) is 11.3. The Hall–Kier alpha value is -1.33. The van der Waals surface area contributed by atoms with Crippen molar-refractivity contribution < 1.29 is 13.9 Å². The number of halogens is 1. The molecule has 1 saturated carbocycles. The van der Waals surface area contributed by atoms with Crippen molar-refractivity contribution in [3.8, 4) is 0 Å². The molecule has 0 spiro atoms. The van der Waals surface area contributed by atoms with Gasteiger partial charge in [0.05, 0.1) is 19.5 Å². The van der Waals surface area contributed by atoms with Gasteiger partial charge in [-0.1, -0.05) is 19.3 Å². The van der Waals surface area contributed by atoms with Gasteiger partial charge in [0.1, 0.15) is 0 Å². The van der Waals surface area contributed by atoms with Gasteiger partial charge < -0.3 is 24.3 Å². The van der Waals surface area contributed by atoms with Crippen LogP contribution in [0.4, 0.5) is 0 Å². The van der Waals surface area contributed by atoms with Crippen LogP contribution in [-0.4, -0.2) is 98.2 Å². The second kappa shape index (κ2) is 11.5. The van der Waals surface area contributed by atoms with E-state index in [1.165, 1.54) is 32.1 Å². The number of furan rings is 1. The van der Waals surface area contributed by atoms with Gasteiger partial charge in [-0.05, 0) is 25.0 Å². The number of aliphatic imine (C=N–C) groups is 1. The smallest absolute Gasteiger partial charge is 0.289 e. The topological polar surface area (TPSA) is 73.6 Å². The van der Waals surface area contributed by atoms with Crippen LogP contribution < -0.4 is 5.32 Å². The molecule has 1 N–H and O–H groups in total. The van der Waals surface area contributed by atoms with Crippen LogP contribution in [0.15, 0.2) is 27.8 Å². The second-order valence-corrected chi connectivity index (χ2v) is 8.54. The molecule has 0 bridgehead atoms. The number of morpholine rings is 1. The van der Waals surface area contributed by atoms with E-state index in [0.717, 1.165) is 51.9 Å². The molecule has 31 heavy (non-hydrogen) atoms. The molecule has 2 aliphatic heterocycles. The summed E-state index contributed by atoms with van der Waals surface area (Å²) >= 11 is 0. The van der Waals surface area contributed by atoms with Crippen LogP contribution in [-0.2, 0) is 4.74 Å². The van der Waals surface area contributed by atoms with Gasteiger partial charge in [0, 0.05) is 58.4 Å². The fourth-order valence-corrected chi connectivity index (χ4v) is 5.11. The van der Waals surface area contributed by atoms with Crippen molar-refractivity contribution in [2.75, 3.05) is 66.1 Å². The fraction of sp³-hybridized carbons (Fsp3) is 0.727. The maximum Gasteiger partial charge on any atom is 0.289 e. The molecule has 9 heteroatoms. The van der Waals surface area contributed by atoms with Crippen molar-refractivity contribution in [2.24, 2.45) is 4.99 Å². The van der Waals surface area contributed by atoms with E-state index >= 15 is 0 Å². The number of carbonyl (C=O) groups excluding carboxylic acids is 1. The third-order valence-electron chi connectivity index (χ3n) is 6.85. The zero-order valence-corrected chi connectivity index (χ0v) is 20.9. The summed E-state index contributed by atoms with van der Waals surface area (Å²) in [5.74, 6) is 1.32. The quantitative estimate of drug-likeness (QED) is 0.356. The van der Waals surface area contributed by atoms with Gasteiger partial charge in [0.25, 0.3) is 5.91 Å². The fourth-order valence-electron chi connectivity index (χ4n) is 5.11. The Balaban J connectivity index is 0.00000272. The number of rotatable bonds is 4. The van der Waals surface area contributed by atoms with E-state index in [2.05, 4.69) is 20.1 Å². The monoisotopic (exact) mass is 545 g/mol. The molecule has 1 aromatic heterocycles. The van der Waals surface area contributed by atoms with Gasteiger partial charge in [-0.25, -0.2) is 0 Å². The van der Waals surface area contributed by atoms with Gasteiger partial charge in [0.15, 0.2) is 11.7 Å². The first-order valence-corrected chi connectivity index (χ1v) is 11.3. The van der Waals surface area contributed by atoms with Crippen molar-refractivity contribution in [3.63, 3.8) is 0 Å². The summed E-state index contributed by atoms with van der Waals surface area (Å²) in [6, 6.07) is 3.48. The molecule has 0 unspecified atom stereocenters. The lowest BCUT2D eigenvalue weighted by atomic mass is 9.79. The van der Waals surface area contributed by atoms with Crippen LogP contribution in [0.25, 0.3) is 0 Å². The van der Waals surface area contributed by atoms with Crippen LogP contribution in [0.5, 0.6) is 0 Å². The van der Waals surface area contributed by atoms with E-state index in [4.69, 9.17) is 9.15 Å². The van der Waals surface area contributed by atoms with Crippen molar-refractivity contribution in [2.45, 2.75) is 37.6 Å². The molecule has 0 radical (unpaired) electrons. The summed E-state index contributed by atoms with van der Waals surface area (Å²) in [5, 5.41) is 3.69. The molecule has 2 saturated heterocycles. The molecule has 3 fully saturated rings. The van der Waals surface area contributed by atoms with E-state index in [0.29, 0.717) is 18.8 Å². The highest BCUT2D eigenvalue weighted by Gasteiger charge is 2.39. The van der Waals surface area contributed by atoms with Crippen LogP contribution in [0, 0.1) is 0 Å². The Bertz CT molecular complexity index is 707. The minimum Gasteiger partial charge on any atom is -0.459 e. The average Bonchev–Trinajstić information content (AvgIpc) is 3.36. The number of hydrogen-bond acceptors (Lipinski definition) is 5. The van der Waals surface area contributed by atoms with Gasteiger partial charge in [-0.3, -0.25) is 14.7 Å². The number of carbonyl (C=O) groups is 1. The van der Waals surface area contributed by atoms with E-state index in [9.17, 15) is 4.79 Å². The Morgan fingerprint density at radius 3 is 2.35 bits per heavy atom. The zero-order valence-electron chi connectivity index (χ0n) is 18.6. The number of piperazine rings is 1. The third kappa shape index (κ3) is 5.73. The number of nitrogens with zero attached hydrogens (tertiary/aromatic N) is 4. The molecule has 0 atom stereocenters. The van der Waals surface area contributed by atoms with Crippen LogP contribution in [0.2, 0.25) is 0 Å². The lowest BCUT2D eigenvalue weighted by molar-refractivity contribution is -0.0355. The molecular formula is C22H36IN5O3. The van der Waals surface area contributed by atoms with Crippen molar-refractivity contribution >= 4 is 35.8 Å². The van der Waals surface area contributed by atoms with Gasteiger partial charge in [-0.15, -0.1) is 24.0 Å². The molecular weight excluding hydrogens is 509 g/mol. The third-order valence-corrected chi connectivity index (χ3v) is 6.85. The summed E-state index contributed by atoms with van der Waals surface area (Å²) < 4.78 is 10.9. The molecule has 0 aromatic carbocycles. The summed E-state index contributed by atoms with van der Waals surface area (Å²) in [4.78, 5) is 23.8. The largest absolute Gasteiger partial charge is 0.459 e. The Kier molecular flexibility index (Phi) is 9.03. The van der Waals surface area contributed by atoms with Gasteiger partial charge in [-0.2, -0.15) is 0 Å². The van der Waals surface area contributed by atoms with Crippen molar-refractivity contribution in [1.29, 1.82) is 0 Å². The predicted octanol–water partition coefficient (Wildman–Crippen LogP) is 2.27. The lowest BCUT2D eigenvalue weighted by Crippen LogP contribution is -2.61. The standard InChI is InChI=1S/C22H35N5O3.HI/c1-23-21(26-11-9-25(10-12-26)20(28)19-6-5-15-30-19)24-18-22(7-3-2-4-8-22)27-13-16-29-17-14-27;/h5-6,15H,2-4,7-14,16-18H2,1H3,(H,23,24);1H. The van der Waals surface area contributed by atoms with Crippen molar-refractivity contribution in [3.05, 3.63) is 24.2 Å². The normalized spacial score (nSPS) is 22.7. The highest BCUT2D eigenvalue weighted by atomic mass is 127. The highest BCUT2D eigenvalue weighted by molar-refractivity contribution is 14.0. The minimum atomic E-state index is -0.0314. The van der Waals surface area contributed by atoms with Crippen molar-refractivity contribution in [1.82, 2.24) is 20.0 Å². The summed E-state index contributed by atoms with van der Waals surface area (Å²) in [5.41, 5.74) is 0.203. The van der Waals surface area contributed by atoms with E-state index in [1.54, 1.807) is 18.4 Å². The summed E-state index contributed by atoms with van der Waals surface area (Å²) in [6.45, 7) is 7.54. The van der Waals surface area contributed by atoms with E-state index in [-0.39, 0.29) is 35.4 Å². The number of hydrogen-bond donors (Lipinski definition) is 1. The first-order chi connectivity index (χ1) is 14.7. The Morgan fingerprint density at radius 2 is 1.74 bits per heavy atom. The zero-order chi connectivity index (χ0) is 20.8. The van der Waals surface area contributed by atoms with Crippen LogP contribution in [0.1, 0.15) is 42.7 Å². The molecule has 1 aliphatic carbocycles. The maximum absolute atomic E-state index is 12.5. The van der Waals surface area contributed by atoms with E-state index in [1.807, 2.05) is 11.9 Å². The van der Waals surface area contributed by atoms with Crippen LogP contribution >= 0.6 is 24.0 Å². The molecule has 1 aromatic rings. The lowest BCUT2D eigenvalue weighted by Gasteiger charge is -2.48. The number of ether oxygens (including phenoxy) is 1. The molecule has 8 nitrogen and oxygen atoms in total. The maximum atomic E-state index is 12.5. The number of nitrogens with one attached hydrogen (secondary N) is 1. The Labute approximate surface area is 202 Å². The summed E-state index contributed by atoms with van der Waals surface area (Å²) in [6.07, 6.45) is 7.96. The first kappa shape index (κ1) is 24.3. The molecule has 4 rings (SSSR count). The second-order valence-electron chi connectivity index (χ2n) is 8.54. The highest BCUT2D eigenvalue weighted by Crippen LogP contribution is 2.34. The number of amides is 1.